The quantitative estimate of drug-likeness (QED) is 0.577. The van der Waals surface area contributed by atoms with Crippen molar-refractivity contribution in [3.8, 4) is 0 Å². The molecule has 142 valence electrons. The molecule has 0 aliphatic carbocycles. The van der Waals surface area contributed by atoms with Crippen molar-refractivity contribution in [1.29, 1.82) is 0 Å². The van der Waals surface area contributed by atoms with Crippen molar-refractivity contribution in [2.45, 2.75) is 38.0 Å². The van der Waals surface area contributed by atoms with Crippen molar-refractivity contribution in [2.24, 2.45) is 5.92 Å². The molecule has 1 aromatic rings. The van der Waals surface area contributed by atoms with Crippen molar-refractivity contribution in [3.05, 3.63) is 23.9 Å². The minimum atomic E-state index is -0.523. The summed E-state index contributed by atoms with van der Waals surface area (Å²) in [6.45, 7) is 2.84. The van der Waals surface area contributed by atoms with Gasteiger partial charge in [-0.3, -0.25) is 4.79 Å². The van der Waals surface area contributed by atoms with Crippen molar-refractivity contribution >= 4 is 11.9 Å². The number of carbonyl (C=O) groups excluding carboxylic acids is 2. The van der Waals surface area contributed by atoms with Crippen LogP contribution in [0.2, 0.25) is 0 Å². The number of hydrogen-bond donors (Lipinski definition) is 0. The predicted octanol–water partition coefficient (Wildman–Crippen LogP) is 1.47. The van der Waals surface area contributed by atoms with Gasteiger partial charge in [-0.15, -0.1) is 0 Å². The molecule has 2 aliphatic rings. The van der Waals surface area contributed by atoms with Gasteiger partial charge >= 0.3 is 5.97 Å². The number of amides is 1. The van der Waals surface area contributed by atoms with E-state index in [-0.39, 0.29) is 5.91 Å². The molecular weight excluding hydrogens is 338 g/mol. The summed E-state index contributed by atoms with van der Waals surface area (Å²) < 4.78 is 15.3. The highest BCUT2D eigenvalue weighted by atomic mass is 16.5. The first-order valence-electron chi connectivity index (χ1n) is 9.11. The lowest BCUT2D eigenvalue weighted by Gasteiger charge is -2.30. The average Bonchev–Trinajstić information content (AvgIpc) is 3.15. The monoisotopic (exact) mass is 363 g/mol. The number of hydrogen-bond acceptors (Lipinski definition) is 7. The standard InChI is InChI=1S/C18H25N3O5/c1-24-17(23)3-2-16(22)21-8-4-13(5-9-21)12-15-19-18(20-26-15)14-6-10-25-11-7-14/h2-3,13-14H,4-12H2,1H3/b3-2+. The summed E-state index contributed by atoms with van der Waals surface area (Å²) in [6, 6.07) is 0. The molecule has 0 bridgehead atoms. The summed E-state index contributed by atoms with van der Waals surface area (Å²) in [5.41, 5.74) is 0. The summed E-state index contributed by atoms with van der Waals surface area (Å²) in [4.78, 5) is 29.4. The Hall–Kier alpha value is -2.22. The fourth-order valence-corrected chi connectivity index (χ4v) is 3.39. The lowest BCUT2D eigenvalue weighted by atomic mass is 9.93. The third-order valence-corrected chi connectivity index (χ3v) is 5.02. The third kappa shape index (κ3) is 4.91. The van der Waals surface area contributed by atoms with E-state index in [0.717, 1.165) is 57.2 Å². The van der Waals surface area contributed by atoms with Gasteiger partial charge in [0.05, 0.1) is 7.11 Å². The molecule has 0 unspecified atom stereocenters. The van der Waals surface area contributed by atoms with Gasteiger partial charge < -0.3 is 18.9 Å². The molecule has 0 radical (unpaired) electrons. The van der Waals surface area contributed by atoms with E-state index in [1.54, 1.807) is 4.90 Å². The number of likely N-dealkylation sites (tertiary alicyclic amines) is 1. The maximum atomic E-state index is 12.0. The number of carbonyl (C=O) groups is 2. The molecule has 0 saturated carbocycles. The van der Waals surface area contributed by atoms with E-state index < -0.39 is 5.97 Å². The molecule has 26 heavy (non-hydrogen) atoms. The van der Waals surface area contributed by atoms with Crippen molar-refractivity contribution in [1.82, 2.24) is 15.0 Å². The second-order valence-corrected chi connectivity index (χ2v) is 6.76. The lowest BCUT2D eigenvalue weighted by molar-refractivity contribution is -0.135. The van der Waals surface area contributed by atoms with E-state index in [9.17, 15) is 9.59 Å². The van der Waals surface area contributed by atoms with Gasteiger partial charge in [-0.1, -0.05) is 5.16 Å². The highest BCUT2D eigenvalue weighted by Gasteiger charge is 2.25. The Labute approximate surface area is 152 Å². The second kappa shape index (κ2) is 8.93. The van der Waals surface area contributed by atoms with Gasteiger partial charge in [-0.2, -0.15) is 4.98 Å². The van der Waals surface area contributed by atoms with Gasteiger partial charge in [-0.25, -0.2) is 4.79 Å². The van der Waals surface area contributed by atoms with Gasteiger partial charge in [0.1, 0.15) is 0 Å². The van der Waals surface area contributed by atoms with Crippen LogP contribution in [0.4, 0.5) is 0 Å². The number of nitrogens with zero attached hydrogens (tertiary/aromatic N) is 3. The normalized spacial score (nSPS) is 19.8. The fraction of sp³-hybridized carbons (Fsp3) is 0.667. The summed E-state index contributed by atoms with van der Waals surface area (Å²) in [5.74, 6) is 1.55. The lowest BCUT2D eigenvalue weighted by Crippen LogP contribution is -2.38. The number of aromatic nitrogens is 2. The molecule has 8 nitrogen and oxygen atoms in total. The van der Waals surface area contributed by atoms with Crippen molar-refractivity contribution in [3.63, 3.8) is 0 Å². The predicted molar refractivity (Wildman–Crippen MR) is 91.3 cm³/mol. The molecular formula is C18H25N3O5. The molecule has 0 N–H and O–H groups in total. The Morgan fingerprint density at radius 1 is 1.19 bits per heavy atom. The maximum Gasteiger partial charge on any atom is 0.330 e. The van der Waals surface area contributed by atoms with Crippen LogP contribution in [0.1, 0.15) is 43.3 Å². The van der Waals surface area contributed by atoms with Crippen LogP contribution in [0.25, 0.3) is 0 Å². The Morgan fingerprint density at radius 2 is 1.92 bits per heavy atom. The molecule has 1 amide bonds. The zero-order valence-electron chi connectivity index (χ0n) is 15.1. The Balaban J connectivity index is 1.45. The number of ether oxygens (including phenoxy) is 2. The van der Waals surface area contributed by atoms with Crippen LogP contribution in [0.5, 0.6) is 0 Å². The molecule has 2 saturated heterocycles. The SMILES string of the molecule is COC(=O)/C=C/C(=O)N1CCC(Cc2nc(C3CCOCC3)no2)CC1. The minimum absolute atomic E-state index is 0.159. The van der Waals surface area contributed by atoms with Gasteiger partial charge in [0, 0.05) is 50.8 Å². The smallest absolute Gasteiger partial charge is 0.330 e. The average molecular weight is 363 g/mol. The summed E-state index contributed by atoms with van der Waals surface area (Å²) in [6.07, 6.45) is 6.82. The number of esters is 1. The fourth-order valence-electron chi connectivity index (χ4n) is 3.39. The first-order valence-corrected chi connectivity index (χ1v) is 9.11. The van der Waals surface area contributed by atoms with Crippen LogP contribution >= 0.6 is 0 Å². The highest BCUT2D eigenvalue weighted by molar-refractivity contribution is 5.94. The van der Waals surface area contributed by atoms with Crippen LogP contribution in [0, 0.1) is 5.92 Å². The first-order chi connectivity index (χ1) is 12.7. The molecule has 0 aromatic carbocycles. The zero-order chi connectivity index (χ0) is 18.4. The minimum Gasteiger partial charge on any atom is -0.466 e. The number of rotatable bonds is 5. The molecule has 1 aromatic heterocycles. The molecule has 8 heteroatoms. The van der Waals surface area contributed by atoms with E-state index in [1.165, 1.54) is 13.2 Å². The van der Waals surface area contributed by atoms with Crippen molar-refractivity contribution in [2.75, 3.05) is 33.4 Å². The molecule has 2 fully saturated rings. The number of methoxy groups -OCH3 is 1. The van der Waals surface area contributed by atoms with Crippen LogP contribution in [-0.2, 0) is 25.5 Å². The van der Waals surface area contributed by atoms with E-state index >= 15 is 0 Å². The summed E-state index contributed by atoms with van der Waals surface area (Å²) >= 11 is 0. The Bertz CT molecular complexity index is 643. The van der Waals surface area contributed by atoms with E-state index in [2.05, 4.69) is 14.9 Å². The molecule has 0 atom stereocenters. The molecule has 3 heterocycles. The van der Waals surface area contributed by atoms with Crippen LogP contribution in [0.15, 0.2) is 16.7 Å². The maximum absolute atomic E-state index is 12.0. The largest absolute Gasteiger partial charge is 0.466 e. The van der Waals surface area contributed by atoms with Gasteiger partial charge in [0.25, 0.3) is 0 Å². The molecule has 0 spiro atoms. The van der Waals surface area contributed by atoms with E-state index in [1.807, 2.05) is 0 Å². The van der Waals surface area contributed by atoms with Gasteiger partial charge in [0.2, 0.25) is 11.8 Å². The summed E-state index contributed by atoms with van der Waals surface area (Å²) in [5, 5.41) is 4.14. The van der Waals surface area contributed by atoms with Crippen LogP contribution in [0.3, 0.4) is 0 Å². The summed E-state index contributed by atoms with van der Waals surface area (Å²) in [7, 11) is 1.29. The third-order valence-electron chi connectivity index (χ3n) is 5.02. The van der Waals surface area contributed by atoms with Gasteiger partial charge in [0.15, 0.2) is 5.82 Å². The first kappa shape index (κ1) is 18.6. The van der Waals surface area contributed by atoms with Gasteiger partial charge in [-0.05, 0) is 31.6 Å². The number of piperidine rings is 1. The van der Waals surface area contributed by atoms with E-state index in [0.29, 0.717) is 30.8 Å². The molecule has 3 rings (SSSR count). The Kier molecular flexibility index (Phi) is 6.38. The van der Waals surface area contributed by atoms with Crippen LogP contribution < -0.4 is 0 Å². The molecule has 2 aliphatic heterocycles. The topological polar surface area (TPSA) is 94.8 Å². The van der Waals surface area contributed by atoms with Crippen molar-refractivity contribution < 1.29 is 23.6 Å². The Morgan fingerprint density at radius 3 is 2.62 bits per heavy atom. The highest BCUT2D eigenvalue weighted by Crippen LogP contribution is 2.26. The second-order valence-electron chi connectivity index (χ2n) is 6.76. The van der Waals surface area contributed by atoms with Crippen LogP contribution in [-0.4, -0.2) is 60.3 Å². The zero-order valence-corrected chi connectivity index (χ0v) is 15.1. The van der Waals surface area contributed by atoms with E-state index in [4.69, 9.17) is 9.26 Å².